The number of hydrogen-bond acceptors (Lipinski definition) is 7. The van der Waals surface area contributed by atoms with Crippen LogP contribution in [0.1, 0.15) is 29.4 Å². The summed E-state index contributed by atoms with van der Waals surface area (Å²) in [6.07, 6.45) is 0.992. The molecule has 3 rings (SSSR count). The van der Waals surface area contributed by atoms with E-state index in [1.807, 2.05) is 44.3 Å². The molecular weight excluding hydrogens is 420 g/mol. The van der Waals surface area contributed by atoms with E-state index in [9.17, 15) is 4.79 Å². The molecule has 2 heterocycles. The van der Waals surface area contributed by atoms with Gasteiger partial charge in [-0.15, -0.1) is 11.3 Å². The summed E-state index contributed by atoms with van der Waals surface area (Å²) in [6, 6.07) is 11.5. The molecule has 0 aliphatic rings. The number of carbonyl (C=O) groups is 1. The van der Waals surface area contributed by atoms with E-state index in [-0.39, 0.29) is 5.91 Å². The highest BCUT2D eigenvalue weighted by Crippen LogP contribution is 2.27. The SMILES string of the molecule is CNCCC(C)Nc1cccc(Nc2nc(C(=O)Nc3c(C)cccc3Cl)cs2)n1. The molecule has 1 atom stereocenters. The number of aryl methyl sites for hydroxylation is 1. The Morgan fingerprint density at radius 2 is 1.93 bits per heavy atom. The number of anilines is 4. The third kappa shape index (κ3) is 5.91. The number of thiazole rings is 1. The molecule has 9 heteroatoms. The molecule has 3 aromatic rings. The molecule has 0 aliphatic carbocycles. The standard InChI is InChI=1S/C21H25ClN6OS/c1-13-6-4-7-15(22)19(13)28-20(29)16-12-30-21(25-16)27-18-9-5-8-17(26-18)24-14(2)10-11-23-3/h4-9,12,14,23H,10-11H2,1-3H3,(H,28,29)(H2,24,25,26,27). The molecule has 0 fully saturated rings. The first-order valence-corrected chi connectivity index (χ1v) is 10.9. The summed E-state index contributed by atoms with van der Waals surface area (Å²) >= 11 is 7.53. The molecule has 0 aliphatic heterocycles. The van der Waals surface area contributed by atoms with E-state index in [4.69, 9.17) is 11.6 Å². The highest BCUT2D eigenvalue weighted by Gasteiger charge is 2.14. The Balaban J connectivity index is 1.64. The molecule has 1 amide bonds. The molecular formula is C21H25ClN6OS. The van der Waals surface area contributed by atoms with Crippen LogP contribution >= 0.6 is 22.9 Å². The zero-order chi connectivity index (χ0) is 21.5. The van der Waals surface area contributed by atoms with Gasteiger partial charge in [-0.2, -0.15) is 0 Å². The van der Waals surface area contributed by atoms with Crippen LogP contribution in [-0.4, -0.2) is 35.5 Å². The number of rotatable bonds is 9. The van der Waals surface area contributed by atoms with Crippen molar-refractivity contribution in [2.45, 2.75) is 26.3 Å². The van der Waals surface area contributed by atoms with Gasteiger partial charge in [0, 0.05) is 11.4 Å². The fourth-order valence-electron chi connectivity index (χ4n) is 2.78. The largest absolute Gasteiger partial charge is 0.368 e. The normalized spacial score (nSPS) is 11.7. The monoisotopic (exact) mass is 444 g/mol. The summed E-state index contributed by atoms with van der Waals surface area (Å²) in [5.74, 6) is 1.13. The molecule has 0 spiro atoms. The van der Waals surface area contributed by atoms with Crippen LogP contribution < -0.4 is 21.3 Å². The first kappa shape index (κ1) is 22.0. The van der Waals surface area contributed by atoms with Crippen LogP contribution in [0.3, 0.4) is 0 Å². The first-order chi connectivity index (χ1) is 14.5. The average Bonchev–Trinajstić information content (AvgIpc) is 3.18. The Labute approximate surface area is 185 Å². The maximum Gasteiger partial charge on any atom is 0.275 e. The molecule has 0 radical (unpaired) electrons. The predicted molar refractivity (Wildman–Crippen MR) is 125 cm³/mol. The van der Waals surface area contributed by atoms with Crippen molar-refractivity contribution in [3.05, 3.63) is 58.1 Å². The minimum atomic E-state index is -0.308. The van der Waals surface area contributed by atoms with Gasteiger partial charge in [-0.05, 0) is 57.6 Å². The van der Waals surface area contributed by atoms with Crippen LogP contribution in [0.15, 0.2) is 41.8 Å². The van der Waals surface area contributed by atoms with Crippen LogP contribution in [0.4, 0.5) is 22.5 Å². The number of nitrogens with one attached hydrogen (secondary N) is 4. The van der Waals surface area contributed by atoms with E-state index < -0.39 is 0 Å². The quantitative estimate of drug-likeness (QED) is 0.375. The molecule has 2 aromatic heterocycles. The minimum Gasteiger partial charge on any atom is -0.368 e. The van der Waals surface area contributed by atoms with Gasteiger partial charge in [-0.25, -0.2) is 9.97 Å². The van der Waals surface area contributed by atoms with Crippen LogP contribution in [0.25, 0.3) is 0 Å². The molecule has 0 bridgehead atoms. The lowest BCUT2D eigenvalue weighted by molar-refractivity contribution is 0.102. The van der Waals surface area contributed by atoms with E-state index in [1.165, 1.54) is 11.3 Å². The molecule has 158 valence electrons. The number of hydrogen-bond donors (Lipinski definition) is 4. The van der Waals surface area contributed by atoms with Gasteiger partial charge in [-0.3, -0.25) is 4.79 Å². The molecule has 1 unspecified atom stereocenters. The summed E-state index contributed by atoms with van der Waals surface area (Å²) in [6.45, 7) is 4.94. The van der Waals surface area contributed by atoms with Crippen molar-refractivity contribution in [2.75, 3.05) is 29.5 Å². The fourth-order valence-corrected chi connectivity index (χ4v) is 3.75. The highest BCUT2D eigenvalue weighted by atomic mass is 35.5. The van der Waals surface area contributed by atoms with Crippen molar-refractivity contribution in [3.8, 4) is 0 Å². The van der Waals surface area contributed by atoms with Crippen LogP contribution in [0.5, 0.6) is 0 Å². The van der Waals surface area contributed by atoms with Gasteiger partial charge in [-0.1, -0.05) is 29.8 Å². The molecule has 4 N–H and O–H groups in total. The summed E-state index contributed by atoms with van der Waals surface area (Å²) < 4.78 is 0. The average molecular weight is 445 g/mol. The van der Waals surface area contributed by atoms with Crippen LogP contribution in [0, 0.1) is 6.92 Å². The van der Waals surface area contributed by atoms with Crippen LogP contribution in [-0.2, 0) is 0 Å². The third-order valence-electron chi connectivity index (χ3n) is 4.40. The molecule has 0 saturated carbocycles. The van der Waals surface area contributed by atoms with Crippen molar-refractivity contribution in [2.24, 2.45) is 0 Å². The zero-order valence-corrected chi connectivity index (χ0v) is 18.7. The summed E-state index contributed by atoms with van der Waals surface area (Å²) in [7, 11) is 1.94. The van der Waals surface area contributed by atoms with Gasteiger partial charge >= 0.3 is 0 Å². The number of benzene rings is 1. The lowest BCUT2D eigenvalue weighted by Crippen LogP contribution is -2.21. The van der Waals surface area contributed by atoms with Crippen molar-refractivity contribution >= 4 is 51.3 Å². The number of para-hydroxylation sites is 1. The Morgan fingerprint density at radius 1 is 1.17 bits per heavy atom. The minimum absolute atomic E-state index is 0.295. The second-order valence-electron chi connectivity index (χ2n) is 6.89. The van der Waals surface area contributed by atoms with Crippen molar-refractivity contribution in [3.63, 3.8) is 0 Å². The van der Waals surface area contributed by atoms with E-state index in [0.717, 1.165) is 24.3 Å². The summed E-state index contributed by atoms with van der Waals surface area (Å²) in [5.41, 5.74) is 1.80. The molecule has 7 nitrogen and oxygen atoms in total. The summed E-state index contributed by atoms with van der Waals surface area (Å²) in [4.78, 5) is 21.5. The Bertz CT molecular complexity index is 988. The molecule has 1 aromatic carbocycles. The molecule has 0 saturated heterocycles. The van der Waals surface area contributed by atoms with E-state index in [0.29, 0.717) is 33.4 Å². The van der Waals surface area contributed by atoms with Gasteiger partial charge < -0.3 is 21.3 Å². The Hall–Kier alpha value is -2.68. The lowest BCUT2D eigenvalue weighted by atomic mass is 10.2. The first-order valence-electron chi connectivity index (χ1n) is 9.63. The number of nitrogens with zero attached hydrogens (tertiary/aromatic N) is 2. The number of aromatic nitrogens is 2. The van der Waals surface area contributed by atoms with Crippen LogP contribution in [0.2, 0.25) is 5.02 Å². The maximum atomic E-state index is 12.6. The predicted octanol–water partition coefficient (Wildman–Crippen LogP) is 4.91. The Kier molecular flexibility index (Phi) is 7.62. The van der Waals surface area contributed by atoms with Gasteiger partial charge in [0.1, 0.15) is 17.3 Å². The number of carbonyl (C=O) groups excluding carboxylic acids is 1. The zero-order valence-electron chi connectivity index (χ0n) is 17.1. The maximum absolute atomic E-state index is 12.6. The van der Waals surface area contributed by atoms with Crippen molar-refractivity contribution in [1.82, 2.24) is 15.3 Å². The second-order valence-corrected chi connectivity index (χ2v) is 8.16. The van der Waals surface area contributed by atoms with Crippen molar-refractivity contribution < 1.29 is 4.79 Å². The van der Waals surface area contributed by atoms with E-state index >= 15 is 0 Å². The number of amides is 1. The highest BCUT2D eigenvalue weighted by molar-refractivity contribution is 7.14. The third-order valence-corrected chi connectivity index (χ3v) is 5.48. The number of halogens is 1. The fraction of sp³-hybridized carbons (Fsp3) is 0.286. The topological polar surface area (TPSA) is 91.0 Å². The van der Waals surface area contributed by atoms with Gasteiger partial charge in [0.15, 0.2) is 5.13 Å². The summed E-state index contributed by atoms with van der Waals surface area (Å²) in [5, 5.41) is 15.3. The lowest BCUT2D eigenvalue weighted by Gasteiger charge is -2.14. The second kappa shape index (κ2) is 10.4. The smallest absolute Gasteiger partial charge is 0.275 e. The van der Waals surface area contributed by atoms with Gasteiger partial charge in [0.25, 0.3) is 5.91 Å². The Morgan fingerprint density at radius 3 is 2.70 bits per heavy atom. The van der Waals surface area contributed by atoms with Crippen molar-refractivity contribution in [1.29, 1.82) is 0 Å². The van der Waals surface area contributed by atoms with E-state index in [1.54, 1.807) is 11.4 Å². The molecule has 30 heavy (non-hydrogen) atoms. The number of pyridine rings is 1. The van der Waals surface area contributed by atoms with Gasteiger partial charge in [0.2, 0.25) is 0 Å². The van der Waals surface area contributed by atoms with E-state index in [2.05, 4.69) is 38.2 Å². The van der Waals surface area contributed by atoms with Gasteiger partial charge in [0.05, 0.1) is 10.7 Å².